The predicted octanol–water partition coefficient (Wildman–Crippen LogP) is 3.56. The summed E-state index contributed by atoms with van der Waals surface area (Å²) in [6.07, 6.45) is -4.83. The van der Waals surface area contributed by atoms with Crippen LogP contribution in [0.3, 0.4) is 0 Å². The molecule has 0 aliphatic rings. The highest BCUT2D eigenvalue weighted by Crippen LogP contribution is 2.40. The van der Waals surface area contributed by atoms with Gasteiger partial charge < -0.3 is 0 Å². The molecule has 15 heavy (non-hydrogen) atoms. The van der Waals surface area contributed by atoms with Crippen molar-refractivity contribution in [2.24, 2.45) is 0 Å². The van der Waals surface area contributed by atoms with E-state index in [1.165, 1.54) is 0 Å². The number of hydrogen-bond acceptors (Lipinski definition) is 3. The molecule has 0 amide bonds. The Morgan fingerprint density at radius 3 is 2.33 bits per heavy atom. The first-order valence-corrected chi connectivity index (χ1v) is 4.30. The van der Waals surface area contributed by atoms with Gasteiger partial charge in [-0.25, -0.2) is 0 Å². The highest BCUT2D eigenvalue weighted by molar-refractivity contribution is 7.80. The molecule has 8 heteroatoms. The van der Waals surface area contributed by atoms with Crippen molar-refractivity contribution in [2.75, 3.05) is 0 Å². The normalized spacial score (nSPS) is 11.5. The van der Waals surface area contributed by atoms with E-state index in [0.717, 1.165) is 6.07 Å². The Balaban J connectivity index is 3.54. The molecule has 0 spiro atoms. The summed E-state index contributed by atoms with van der Waals surface area (Å²) in [5.41, 5.74) is -2.49. The molecular formula is C7H3ClF3NO2S. The first-order valence-electron chi connectivity index (χ1n) is 3.47. The van der Waals surface area contributed by atoms with Crippen LogP contribution in [0.2, 0.25) is 5.02 Å². The third-order valence-corrected chi connectivity index (χ3v) is 2.10. The Bertz CT molecular complexity index is 421. The van der Waals surface area contributed by atoms with E-state index in [0.29, 0.717) is 6.07 Å². The molecule has 0 saturated heterocycles. The van der Waals surface area contributed by atoms with E-state index in [2.05, 4.69) is 12.6 Å². The number of alkyl halides is 3. The van der Waals surface area contributed by atoms with Crippen molar-refractivity contribution < 1.29 is 18.1 Å². The molecule has 0 N–H and O–H groups in total. The van der Waals surface area contributed by atoms with E-state index in [4.69, 9.17) is 11.6 Å². The lowest BCUT2D eigenvalue weighted by molar-refractivity contribution is -0.390. The van der Waals surface area contributed by atoms with E-state index in [1.807, 2.05) is 0 Å². The van der Waals surface area contributed by atoms with Crippen LogP contribution in [-0.4, -0.2) is 4.92 Å². The second-order valence-corrected chi connectivity index (χ2v) is 3.49. The fraction of sp³-hybridized carbons (Fsp3) is 0.143. The smallest absolute Gasteiger partial charge is 0.258 e. The summed E-state index contributed by atoms with van der Waals surface area (Å²) < 4.78 is 37.1. The lowest BCUT2D eigenvalue weighted by atomic mass is 10.1. The molecule has 0 fully saturated rings. The molecule has 0 aromatic heterocycles. The number of halogens is 4. The van der Waals surface area contributed by atoms with Crippen LogP contribution >= 0.6 is 24.2 Å². The van der Waals surface area contributed by atoms with Crippen molar-refractivity contribution >= 4 is 29.9 Å². The van der Waals surface area contributed by atoms with Gasteiger partial charge in [-0.05, 0) is 12.1 Å². The summed E-state index contributed by atoms with van der Waals surface area (Å²) in [5.74, 6) is 0. The molecule has 0 unspecified atom stereocenters. The summed E-state index contributed by atoms with van der Waals surface area (Å²) >= 11 is 8.94. The first kappa shape index (κ1) is 12.1. The van der Waals surface area contributed by atoms with Crippen molar-refractivity contribution in [2.45, 2.75) is 11.1 Å². The molecule has 0 aliphatic heterocycles. The van der Waals surface area contributed by atoms with Crippen LogP contribution in [0, 0.1) is 10.1 Å². The molecule has 0 radical (unpaired) electrons. The number of thiol groups is 1. The van der Waals surface area contributed by atoms with Crippen LogP contribution in [0.5, 0.6) is 0 Å². The van der Waals surface area contributed by atoms with Gasteiger partial charge in [-0.1, -0.05) is 11.6 Å². The number of benzene rings is 1. The van der Waals surface area contributed by atoms with Gasteiger partial charge in [0.2, 0.25) is 0 Å². The predicted molar refractivity (Wildman–Crippen MR) is 50.4 cm³/mol. The largest absolute Gasteiger partial charge is 0.423 e. The first-order chi connectivity index (χ1) is 6.73. The lowest BCUT2D eigenvalue weighted by Gasteiger charge is -2.08. The number of nitro groups is 1. The van der Waals surface area contributed by atoms with Gasteiger partial charge in [0.05, 0.1) is 9.82 Å². The summed E-state index contributed by atoms with van der Waals surface area (Å²) in [6, 6.07) is 1.48. The fourth-order valence-electron chi connectivity index (χ4n) is 0.993. The quantitative estimate of drug-likeness (QED) is 0.475. The Hall–Kier alpha value is -0.950. The monoisotopic (exact) mass is 257 g/mol. The minimum absolute atomic E-state index is 0.252. The van der Waals surface area contributed by atoms with Gasteiger partial charge in [-0.3, -0.25) is 10.1 Å². The third kappa shape index (κ3) is 2.54. The number of nitrogens with zero attached hydrogens (tertiary/aromatic N) is 1. The van der Waals surface area contributed by atoms with Crippen molar-refractivity contribution in [1.82, 2.24) is 0 Å². The van der Waals surface area contributed by atoms with E-state index >= 15 is 0 Å². The Morgan fingerprint density at radius 2 is 1.93 bits per heavy atom. The van der Waals surface area contributed by atoms with Crippen LogP contribution in [-0.2, 0) is 6.18 Å². The van der Waals surface area contributed by atoms with Gasteiger partial charge in [0.15, 0.2) is 0 Å². The fourth-order valence-corrected chi connectivity index (χ4v) is 1.63. The zero-order valence-electron chi connectivity index (χ0n) is 6.88. The molecule has 0 saturated carbocycles. The number of rotatable bonds is 1. The Labute approximate surface area is 92.4 Å². The van der Waals surface area contributed by atoms with Gasteiger partial charge in [-0.15, -0.1) is 12.6 Å². The van der Waals surface area contributed by atoms with Crippen LogP contribution in [0.25, 0.3) is 0 Å². The van der Waals surface area contributed by atoms with Crippen LogP contribution in [0.1, 0.15) is 5.56 Å². The third-order valence-electron chi connectivity index (χ3n) is 1.54. The molecule has 1 aromatic carbocycles. The van der Waals surface area contributed by atoms with Crippen molar-refractivity contribution in [3.8, 4) is 0 Å². The summed E-state index contributed by atoms with van der Waals surface area (Å²) in [5, 5.41) is 10.2. The molecule has 0 bridgehead atoms. The average Bonchev–Trinajstić information content (AvgIpc) is 1.99. The van der Waals surface area contributed by atoms with Crippen LogP contribution in [0.15, 0.2) is 17.0 Å². The number of nitro benzene ring substituents is 1. The van der Waals surface area contributed by atoms with E-state index < -0.39 is 27.2 Å². The maximum Gasteiger partial charge on any atom is 0.423 e. The zero-order valence-corrected chi connectivity index (χ0v) is 8.53. The molecule has 82 valence electrons. The minimum Gasteiger partial charge on any atom is -0.258 e. The molecule has 0 atom stereocenters. The van der Waals surface area contributed by atoms with Gasteiger partial charge in [-0.2, -0.15) is 13.2 Å². The molecule has 1 rings (SSSR count). The molecule has 0 aliphatic carbocycles. The van der Waals surface area contributed by atoms with Crippen molar-refractivity contribution in [3.63, 3.8) is 0 Å². The summed E-state index contributed by atoms with van der Waals surface area (Å²) in [4.78, 5) is 8.86. The van der Waals surface area contributed by atoms with E-state index in [9.17, 15) is 23.3 Å². The highest BCUT2D eigenvalue weighted by atomic mass is 35.5. The van der Waals surface area contributed by atoms with E-state index in [-0.39, 0.29) is 5.02 Å². The number of hydrogen-bond donors (Lipinski definition) is 1. The van der Waals surface area contributed by atoms with Crippen molar-refractivity contribution in [3.05, 3.63) is 32.8 Å². The topological polar surface area (TPSA) is 43.1 Å². The molecule has 0 heterocycles. The summed E-state index contributed by atoms with van der Waals surface area (Å²) in [6.45, 7) is 0. The van der Waals surface area contributed by atoms with Crippen LogP contribution < -0.4 is 0 Å². The van der Waals surface area contributed by atoms with Crippen molar-refractivity contribution in [1.29, 1.82) is 0 Å². The van der Waals surface area contributed by atoms with Gasteiger partial charge in [0.25, 0.3) is 5.69 Å². The standard InChI is InChI=1S/C7H3ClF3NO2S/c8-3-1-4(7(9,10)11)6(12(13)14)5(15)2-3/h1-2,15H. The SMILES string of the molecule is O=[N+]([O-])c1c(S)cc(Cl)cc1C(F)(F)F. The van der Waals surface area contributed by atoms with Gasteiger partial charge in [0, 0.05) is 5.02 Å². The molecule has 3 nitrogen and oxygen atoms in total. The Morgan fingerprint density at radius 1 is 1.40 bits per heavy atom. The second kappa shape index (κ2) is 3.90. The zero-order chi connectivity index (χ0) is 11.8. The minimum atomic E-state index is -4.83. The van der Waals surface area contributed by atoms with E-state index in [1.54, 1.807) is 0 Å². The molecule has 1 aromatic rings. The maximum atomic E-state index is 12.4. The van der Waals surface area contributed by atoms with Gasteiger partial charge in [0.1, 0.15) is 5.56 Å². The van der Waals surface area contributed by atoms with Gasteiger partial charge >= 0.3 is 6.18 Å². The average molecular weight is 258 g/mol. The Kier molecular flexibility index (Phi) is 3.15. The highest BCUT2D eigenvalue weighted by Gasteiger charge is 2.39. The lowest BCUT2D eigenvalue weighted by Crippen LogP contribution is -2.09. The maximum absolute atomic E-state index is 12.4. The second-order valence-electron chi connectivity index (χ2n) is 2.58. The summed E-state index contributed by atoms with van der Waals surface area (Å²) in [7, 11) is 0. The molecular weight excluding hydrogens is 255 g/mol. The van der Waals surface area contributed by atoms with Crippen LogP contribution in [0.4, 0.5) is 18.9 Å².